The summed E-state index contributed by atoms with van der Waals surface area (Å²) in [6.45, 7) is 0. The van der Waals surface area contributed by atoms with Crippen molar-refractivity contribution in [2.24, 2.45) is 0 Å². The minimum atomic E-state index is -0.914. The maximum absolute atomic E-state index is 10.5. The van der Waals surface area contributed by atoms with Gasteiger partial charge in [-0.05, 0) is 15.9 Å². The van der Waals surface area contributed by atoms with E-state index in [4.69, 9.17) is 9.52 Å². The quantitative estimate of drug-likeness (QED) is 0.842. The molecule has 0 aliphatic heterocycles. The molecule has 2 heterocycles. The molecule has 2 aromatic rings. The molecule has 62 valence electrons. The normalized spacial score (nSPS) is 10.8. The molecule has 0 unspecified atom stereocenters. The minimum Gasteiger partial charge on any atom is -0.477 e. The van der Waals surface area contributed by atoms with Crippen LogP contribution in [0.4, 0.5) is 0 Å². The first-order valence-corrected chi connectivity index (χ1v) is 4.70. The molecule has 0 atom stereocenters. The average Bonchev–Trinajstić information content (AvgIpc) is 2.42. The van der Waals surface area contributed by atoms with Crippen molar-refractivity contribution >= 4 is 43.5 Å². The van der Waals surface area contributed by atoms with Gasteiger partial charge in [0.25, 0.3) is 0 Å². The summed E-state index contributed by atoms with van der Waals surface area (Å²) >= 11 is 4.36. The van der Waals surface area contributed by atoms with Crippen molar-refractivity contribution in [3.63, 3.8) is 0 Å². The molecule has 0 saturated carbocycles. The molecule has 2 rings (SSSR count). The van der Waals surface area contributed by atoms with Gasteiger partial charge in [0.2, 0.25) is 0 Å². The third kappa shape index (κ3) is 1.15. The fraction of sp³-hybridized carbons (Fsp3) is 0. The molecule has 0 spiro atoms. The zero-order chi connectivity index (χ0) is 8.72. The summed E-state index contributed by atoms with van der Waals surface area (Å²) in [6.07, 6.45) is 0. The van der Waals surface area contributed by atoms with E-state index in [-0.39, 0.29) is 0 Å². The SMILES string of the molecule is O=C(O)c1cc2oc(Br)cc2s1. The number of halogens is 1. The predicted octanol–water partition coefficient (Wildman–Crippen LogP) is 2.96. The second-order valence-electron chi connectivity index (χ2n) is 2.19. The van der Waals surface area contributed by atoms with Gasteiger partial charge in [-0.25, -0.2) is 4.79 Å². The lowest BCUT2D eigenvalue weighted by atomic mass is 10.4. The van der Waals surface area contributed by atoms with Crippen LogP contribution in [0, 0.1) is 0 Å². The highest BCUT2D eigenvalue weighted by molar-refractivity contribution is 9.10. The molecule has 5 heteroatoms. The van der Waals surface area contributed by atoms with Gasteiger partial charge in [-0.1, -0.05) is 0 Å². The summed E-state index contributed by atoms with van der Waals surface area (Å²) in [5, 5.41) is 8.63. The number of fused-ring (bicyclic) bond motifs is 1. The molecular formula is C7H3BrO3S. The first-order valence-electron chi connectivity index (χ1n) is 3.09. The van der Waals surface area contributed by atoms with Crippen molar-refractivity contribution in [2.45, 2.75) is 0 Å². The first kappa shape index (κ1) is 7.82. The van der Waals surface area contributed by atoms with Crippen LogP contribution in [-0.2, 0) is 0 Å². The van der Waals surface area contributed by atoms with Crippen molar-refractivity contribution in [1.29, 1.82) is 0 Å². The molecular weight excluding hydrogens is 244 g/mol. The highest BCUT2D eigenvalue weighted by Gasteiger charge is 2.11. The van der Waals surface area contributed by atoms with E-state index in [1.165, 1.54) is 17.4 Å². The lowest BCUT2D eigenvalue weighted by molar-refractivity contribution is 0.0702. The second kappa shape index (κ2) is 2.60. The van der Waals surface area contributed by atoms with Crippen molar-refractivity contribution in [1.82, 2.24) is 0 Å². The van der Waals surface area contributed by atoms with Crippen molar-refractivity contribution < 1.29 is 14.3 Å². The van der Waals surface area contributed by atoms with Crippen LogP contribution in [0.5, 0.6) is 0 Å². The number of carboxylic acid groups (broad SMARTS) is 1. The summed E-state index contributed by atoms with van der Waals surface area (Å²) in [5.74, 6) is -0.914. The number of aromatic carboxylic acids is 1. The van der Waals surface area contributed by atoms with Crippen LogP contribution in [0.15, 0.2) is 21.2 Å². The van der Waals surface area contributed by atoms with Crippen LogP contribution < -0.4 is 0 Å². The van der Waals surface area contributed by atoms with Crippen LogP contribution in [0.1, 0.15) is 9.67 Å². The number of carboxylic acids is 1. The van der Waals surface area contributed by atoms with Gasteiger partial charge in [0.1, 0.15) is 10.5 Å². The summed E-state index contributed by atoms with van der Waals surface area (Å²) in [7, 11) is 0. The van der Waals surface area contributed by atoms with Gasteiger partial charge in [-0.3, -0.25) is 0 Å². The highest BCUT2D eigenvalue weighted by Crippen LogP contribution is 2.30. The Hall–Kier alpha value is -0.810. The predicted molar refractivity (Wildman–Crippen MR) is 48.8 cm³/mol. The zero-order valence-electron chi connectivity index (χ0n) is 5.70. The summed E-state index contributed by atoms with van der Waals surface area (Å²) in [4.78, 5) is 10.8. The van der Waals surface area contributed by atoms with E-state index in [2.05, 4.69) is 15.9 Å². The van der Waals surface area contributed by atoms with Gasteiger partial charge < -0.3 is 9.52 Å². The maximum atomic E-state index is 10.5. The van der Waals surface area contributed by atoms with E-state index >= 15 is 0 Å². The summed E-state index contributed by atoms with van der Waals surface area (Å²) in [5.41, 5.74) is 0.615. The molecule has 2 aromatic heterocycles. The standard InChI is InChI=1S/C7H3BrO3S/c8-6-2-4-3(11-6)1-5(12-4)7(9)10/h1-2H,(H,9,10). The second-order valence-corrected chi connectivity index (χ2v) is 4.06. The van der Waals surface area contributed by atoms with E-state index in [0.29, 0.717) is 15.1 Å². The molecule has 12 heavy (non-hydrogen) atoms. The first-order chi connectivity index (χ1) is 5.66. The van der Waals surface area contributed by atoms with Crippen LogP contribution in [-0.4, -0.2) is 11.1 Å². The lowest BCUT2D eigenvalue weighted by Crippen LogP contribution is -1.89. The zero-order valence-corrected chi connectivity index (χ0v) is 8.11. The van der Waals surface area contributed by atoms with Gasteiger partial charge >= 0.3 is 5.97 Å². The summed E-state index contributed by atoms with van der Waals surface area (Å²) < 4.78 is 6.63. The van der Waals surface area contributed by atoms with E-state index < -0.39 is 5.97 Å². The molecule has 0 radical (unpaired) electrons. The lowest BCUT2D eigenvalue weighted by Gasteiger charge is -1.81. The number of carbonyl (C=O) groups is 1. The topological polar surface area (TPSA) is 50.4 Å². The molecule has 0 aliphatic carbocycles. The third-order valence-corrected chi connectivity index (χ3v) is 2.83. The van der Waals surface area contributed by atoms with E-state index in [0.717, 1.165) is 4.70 Å². The molecule has 0 aliphatic rings. The number of rotatable bonds is 1. The van der Waals surface area contributed by atoms with Crippen molar-refractivity contribution in [3.05, 3.63) is 21.7 Å². The largest absolute Gasteiger partial charge is 0.477 e. The fourth-order valence-electron chi connectivity index (χ4n) is 0.912. The highest BCUT2D eigenvalue weighted by atomic mass is 79.9. The molecule has 0 aromatic carbocycles. The van der Waals surface area contributed by atoms with Gasteiger partial charge in [0.15, 0.2) is 4.67 Å². The number of furan rings is 1. The van der Waals surface area contributed by atoms with Gasteiger partial charge in [0, 0.05) is 12.1 Å². The Bertz CT molecular complexity index is 411. The number of thiophene rings is 1. The molecule has 0 bridgehead atoms. The Balaban J connectivity index is 2.64. The van der Waals surface area contributed by atoms with E-state index in [9.17, 15) is 4.79 Å². The van der Waals surface area contributed by atoms with E-state index in [1.54, 1.807) is 6.07 Å². The Kier molecular flexibility index (Phi) is 1.69. The van der Waals surface area contributed by atoms with Crippen molar-refractivity contribution in [2.75, 3.05) is 0 Å². The molecule has 1 N–H and O–H groups in total. The Morgan fingerprint density at radius 1 is 1.58 bits per heavy atom. The third-order valence-electron chi connectivity index (χ3n) is 1.39. The van der Waals surface area contributed by atoms with Crippen molar-refractivity contribution in [3.8, 4) is 0 Å². The molecule has 0 amide bonds. The average molecular weight is 247 g/mol. The van der Waals surface area contributed by atoms with Crippen LogP contribution in [0.2, 0.25) is 0 Å². The monoisotopic (exact) mass is 246 g/mol. The minimum absolute atomic E-state index is 0.302. The molecule has 0 fully saturated rings. The summed E-state index contributed by atoms with van der Waals surface area (Å²) in [6, 6.07) is 3.28. The van der Waals surface area contributed by atoms with E-state index in [1.807, 2.05) is 0 Å². The smallest absolute Gasteiger partial charge is 0.346 e. The van der Waals surface area contributed by atoms with Gasteiger partial charge in [-0.15, -0.1) is 11.3 Å². The molecule has 3 nitrogen and oxygen atoms in total. The number of hydrogen-bond donors (Lipinski definition) is 1. The van der Waals surface area contributed by atoms with Gasteiger partial charge in [0.05, 0.1) is 4.70 Å². The van der Waals surface area contributed by atoms with Crippen LogP contribution >= 0.6 is 27.3 Å². The number of hydrogen-bond acceptors (Lipinski definition) is 3. The van der Waals surface area contributed by atoms with Crippen LogP contribution in [0.3, 0.4) is 0 Å². The fourth-order valence-corrected chi connectivity index (χ4v) is 2.32. The maximum Gasteiger partial charge on any atom is 0.346 e. The Labute approximate surface area is 79.7 Å². The van der Waals surface area contributed by atoms with Gasteiger partial charge in [-0.2, -0.15) is 0 Å². The molecule has 0 saturated heterocycles. The Morgan fingerprint density at radius 3 is 2.92 bits per heavy atom. The van der Waals surface area contributed by atoms with Crippen LogP contribution in [0.25, 0.3) is 10.3 Å². The Morgan fingerprint density at radius 2 is 2.33 bits per heavy atom.